The van der Waals surface area contributed by atoms with E-state index in [4.69, 9.17) is 5.11 Å². The number of urea groups is 1. The molecule has 20 heavy (non-hydrogen) atoms. The molecule has 6 nitrogen and oxygen atoms in total. The second kappa shape index (κ2) is 6.51. The van der Waals surface area contributed by atoms with Crippen molar-refractivity contribution in [2.75, 3.05) is 0 Å². The molecule has 3 amide bonds. The number of hydrogen-bond donors (Lipinski definition) is 3. The average Bonchev–Trinajstić information content (AvgIpc) is 2.71. The second-order valence-electron chi connectivity index (χ2n) is 5.18. The molecule has 1 rings (SSSR count). The number of imide groups is 1. The largest absolute Gasteiger partial charge is 0.481 e. The lowest BCUT2D eigenvalue weighted by Crippen LogP contribution is -2.41. The molecule has 1 aromatic rings. The summed E-state index contributed by atoms with van der Waals surface area (Å²) in [7, 11) is 0. The zero-order valence-electron chi connectivity index (χ0n) is 11.6. The molecule has 3 N–H and O–H groups in total. The summed E-state index contributed by atoms with van der Waals surface area (Å²) in [5.74, 6) is -1.70. The first-order valence-corrected chi connectivity index (χ1v) is 6.99. The molecule has 0 saturated carbocycles. The molecule has 0 saturated heterocycles. The van der Waals surface area contributed by atoms with Gasteiger partial charge in [0.1, 0.15) is 0 Å². The molecule has 0 aromatic carbocycles. The van der Waals surface area contributed by atoms with E-state index in [-0.39, 0.29) is 6.42 Å². The molecular weight excluding hydrogens is 280 g/mol. The molecule has 7 heteroatoms. The minimum Gasteiger partial charge on any atom is -0.481 e. The highest BCUT2D eigenvalue weighted by atomic mass is 32.1. The number of amides is 3. The smallest absolute Gasteiger partial charge is 0.321 e. The predicted octanol–water partition coefficient (Wildman–Crippen LogP) is 1.88. The molecule has 1 aromatic heterocycles. The predicted molar refractivity (Wildman–Crippen MR) is 75.5 cm³/mol. The second-order valence-corrected chi connectivity index (χ2v) is 5.92. The maximum absolute atomic E-state index is 11.6. The first-order valence-electron chi connectivity index (χ1n) is 6.05. The van der Waals surface area contributed by atoms with Crippen LogP contribution < -0.4 is 10.6 Å². The molecule has 0 fully saturated rings. The molecular formula is C13H18N2O4S. The fourth-order valence-corrected chi connectivity index (χ4v) is 2.29. The summed E-state index contributed by atoms with van der Waals surface area (Å²) >= 11 is 1.54. The Morgan fingerprint density at radius 3 is 2.45 bits per heavy atom. The van der Waals surface area contributed by atoms with Crippen molar-refractivity contribution < 1.29 is 19.5 Å². The van der Waals surface area contributed by atoms with Gasteiger partial charge >= 0.3 is 12.0 Å². The van der Waals surface area contributed by atoms with Gasteiger partial charge in [0, 0.05) is 13.0 Å². The minimum atomic E-state index is -1.20. The van der Waals surface area contributed by atoms with Crippen molar-refractivity contribution in [3.8, 4) is 0 Å². The number of carboxylic acid groups (broad SMARTS) is 1. The van der Waals surface area contributed by atoms with Crippen LogP contribution in [-0.2, 0) is 16.1 Å². The molecule has 0 atom stereocenters. The first-order chi connectivity index (χ1) is 9.22. The number of aliphatic carboxylic acids is 1. The van der Waals surface area contributed by atoms with Gasteiger partial charge in [-0.2, -0.15) is 11.3 Å². The lowest BCUT2D eigenvalue weighted by Gasteiger charge is -2.17. The van der Waals surface area contributed by atoms with Gasteiger partial charge in [-0.15, -0.1) is 0 Å². The Morgan fingerprint density at radius 1 is 1.30 bits per heavy atom. The van der Waals surface area contributed by atoms with E-state index in [1.807, 2.05) is 17.7 Å². The van der Waals surface area contributed by atoms with E-state index in [1.54, 1.807) is 0 Å². The minimum absolute atomic E-state index is 0.257. The van der Waals surface area contributed by atoms with Crippen molar-refractivity contribution in [1.29, 1.82) is 0 Å². The van der Waals surface area contributed by atoms with E-state index in [9.17, 15) is 14.4 Å². The third-order valence-electron chi connectivity index (χ3n) is 2.84. The van der Waals surface area contributed by atoms with E-state index in [0.29, 0.717) is 6.54 Å². The number of nitrogens with one attached hydrogen (secondary N) is 2. The number of thiophene rings is 1. The average molecular weight is 298 g/mol. The Labute approximate surface area is 121 Å². The number of aryl methyl sites for hydroxylation is 1. The summed E-state index contributed by atoms with van der Waals surface area (Å²) in [5.41, 5.74) is 0.867. The van der Waals surface area contributed by atoms with Crippen LogP contribution in [0.4, 0.5) is 4.79 Å². The summed E-state index contributed by atoms with van der Waals surface area (Å²) in [6.45, 7) is 5.13. The first kappa shape index (κ1) is 16.2. The SMILES string of the molecule is Cc1cscc1CNC(=O)NC(=O)CC(C)(C)C(=O)O. The maximum atomic E-state index is 11.6. The normalized spacial score (nSPS) is 10.9. The van der Waals surface area contributed by atoms with E-state index in [1.165, 1.54) is 25.2 Å². The van der Waals surface area contributed by atoms with Gasteiger partial charge in [0.15, 0.2) is 0 Å². The highest BCUT2D eigenvalue weighted by Gasteiger charge is 2.30. The zero-order chi connectivity index (χ0) is 15.3. The van der Waals surface area contributed by atoms with Gasteiger partial charge in [-0.05, 0) is 42.7 Å². The quantitative estimate of drug-likeness (QED) is 0.773. The molecule has 0 unspecified atom stereocenters. The summed E-state index contributed by atoms with van der Waals surface area (Å²) < 4.78 is 0. The van der Waals surface area contributed by atoms with Crippen molar-refractivity contribution in [2.24, 2.45) is 5.41 Å². The van der Waals surface area contributed by atoms with E-state index < -0.39 is 23.3 Å². The monoisotopic (exact) mass is 298 g/mol. The number of carbonyl (C=O) groups is 3. The van der Waals surface area contributed by atoms with Crippen molar-refractivity contribution in [3.05, 3.63) is 21.9 Å². The highest BCUT2D eigenvalue weighted by Crippen LogP contribution is 2.19. The standard InChI is InChI=1S/C13H18N2O4S/c1-8-6-20-7-9(8)5-14-12(19)15-10(16)4-13(2,3)11(17)18/h6-7H,4-5H2,1-3H3,(H,17,18)(H2,14,15,16,19). The van der Waals surface area contributed by atoms with Crippen LogP contribution in [0.3, 0.4) is 0 Å². The molecule has 0 radical (unpaired) electrons. The van der Waals surface area contributed by atoms with E-state index in [0.717, 1.165) is 11.1 Å². The number of hydrogen-bond acceptors (Lipinski definition) is 4. The Hall–Kier alpha value is -1.89. The molecule has 0 aliphatic rings. The van der Waals surface area contributed by atoms with Crippen molar-refractivity contribution in [3.63, 3.8) is 0 Å². The van der Waals surface area contributed by atoms with Gasteiger partial charge in [-0.25, -0.2) is 4.79 Å². The third-order valence-corrected chi connectivity index (χ3v) is 3.75. The number of carbonyl (C=O) groups excluding carboxylic acids is 2. The van der Waals surface area contributed by atoms with Gasteiger partial charge in [0.2, 0.25) is 5.91 Å². The highest BCUT2D eigenvalue weighted by molar-refractivity contribution is 7.08. The van der Waals surface area contributed by atoms with Crippen LogP contribution >= 0.6 is 11.3 Å². The lowest BCUT2D eigenvalue weighted by molar-refractivity contribution is -0.149. The van der Waals surface area contributed by atoms with Crippen LogP contribution in [0.2, 0.25) is 0 Å². The van der Waals surface area contributed by atoms with Gasteiger partial charge < -0.3 is 10.4 Å². The van der Waals surface area contributed by atoms with Gasteiger partial charge in [-0.1, -0.05) is 0 Å². The van der Waals surface area contributed by atoms with Crippen LogP contribution in [0.1, 0.15) is 31.4 Å². The zero-order valence-corrected chi connectivity index (χ0v) is 12.5. The van der Waals surface area contributed by atoms with Crippen molar-refractivity contribution in [1.82, 2.24) is 10.6 Å². The summed E-state index contributed by atoms with van der Waals surface area (Å²) in [6, 6.07) is -0.623. The molecule has 1 heterocycles. The fraction of sp³-hybridized carbons (Fsp3) is 0.462. The Kier molecular flexibility index (Phi) is 5.26. The summed E-state index contributed by atoms with van der Waals surface area (Å²) in [6.07, 6.45) is -0.257. The van der Waals surface area contributed by atoms with Crippen LogP contribution in [0.15, 0.2) is 10.8 Å². The van der Waals surface area contributed by atoms with Crippen molar-refractivity contribution >= 4 is 29.2 Å². The van der Waals surface area contributed by atoms with Crippen LogP contribution in [0, 0.1) is 12.3 Å². The molecule has 0 spiro atoms. The number of carboxylic acids is 1. The summed E-state index contributed by atoms with van der Waals surface area (Å²) in [5, 5.41) is 17.5. The van der Waals surface area contributed by atoms with Crippen LogP contribution in [0.5, 0.6) is 0 Å². The van der Waals surface area contributed by atoms with Crippen LogP contribution in [-0.4, -0.2) is 23.0 Å². The van der Waals surface area contributed by atoms with Gasteiger partial charge in [-0.3, -0.25) is 14.9 Å². The number of rotatable bonds is 5. The topological polar surface area (TPSA) is 95.5 Å². The molecule has 0 aliphatic heterocycles. The van der Waals surface area contributed by atoms with E-state index >= 15 is 0 Å². The fourth-order valence-electron chi connectivity index (χ4n) is 1.44. The molecule has 110 valence electrons. The van der Waals surface area contributed by atoms with Crippen LogP contribution in [0.25, 0.3) is 0 Å². The van der Waals surface area contributed by atoms with E-state index in [2.05, 4.69) is 10.6 Å². The Morgan fingerprint density at radius 2 is 1.95 bits per heavy atom. The Balaban J connectivity index is 2.41. The van der Waals surface area contributed by atoms with Crippen molar-refractivity contribution in [2.45, 2.75) is 33.7 Å². The molecule has 0 bridgehead atoms. The third kappa shape index (κ3) is 4.65. The van der Waals surface area contributed by atoms with Gasteiger partial charge in [0.05, 0.1) is 5.41 Å². The Bertz CT molecular complexity index is 522. The molecule has 0 aliphatic carbocycles. The van der Waals surface area contributed by atoms with Gasteiger partial charge in [0.25, 0.3) is 0 Å². The maximum Gasteiger partial charge on any atom is 0.321 e. The summed E-state index contributed by atoms with van der Waals surface area (Å²) in [4.78, 5) is 34.0. The lowest BCUT2D eigenvalue weighted by atomic mass is 9.89.